The standard InChI is InChI=1S/C22H21N5O5/c1-32-11-10-24-15-23-20-19(24)21(28)26(14-17-8-5-9-18(12-17)27(30)31)22(29)25(20)13-16-6-3-2-4-7-16/h2-9,12,15H,10-11,13-14H2,1H3. The number of hydrogen-bond donors (Lipinski definition) is 0. The van der Waals surface area contributed by atoms with E-state index < -0.39 is 16.2 Å². The summed E-state index contributed by atoms with van der Waals surface area (Å²) in [6, 6.07) is 15.3. The van der Waals surface area contributed by atoms with E-state index in [0.29, 0.717) is 18.7 Å². The van der Waals surface area contributed by atoms with Crippen molar-refractivity contribution in [2.75, 3.05) is 13.7 Å². The Morgan fingerprint density at radius 3 is 2.44 bits per heavy atom. The Balaban J connectivity index is 1.89. The van der Waals surface area contributed by atoms with Gasteiger partial charge in [0.2, 0.25) is 0 Å². The zero-order valence-electron chi connectivity index (χ0n) is 17.4. The number of nitro groups is 1. The van der Waals surface area contributed by atoms with Crippen LogP contribution in [0.4, 0.5) is 5.69 Å². The van der Waals surface area contributed by atoms with Crippen LogP contribution in [0.5, 0.6) is 0 Å². The van der Waals surface area contributed by atoms with Crippen LogP contribution in [0.2, 0.25) is 0 Å². The minimum Gasteiger partial charge on any atom is -0.383 e. The summed E-state index contributed by atoms with van der Waals surface area (Å²) >= 11 is 0. The third kappa shape index (κ3) is 4.08. The van der Waals surface area contributed by atoms with Crippen molar-refractivity contribution in [3.8, 4) is 0 Å². The molecule has 4 aromatic rings. The molecule has 0 radical (unpaired) electrons. The molecule has 4 rings (SSSR count). The molecule has 0 saturated heterocycles. The third-order valence-electron chi connectivity index (χ3n) is 5.17. The Kier molecular flexibility index (Phi) is 5.95. The van der Waals surface area contributed by atoms with Crippen LogP contribution in [0.3, 0.4) is 0 Å². The fourth-order valence-corrected chi connectivity index (χ4v) is 3.60. The van der Waals surface area contributed by atoms with E-state index in [1.54, 1.807) is 17.7 Å². The normalized spacial score (nSPS) is 11.2. The highest BCUT2D eigenvalue weighted by Crippen LogP contribution is 2.14. The number of benzene rings is 2. The van der Waals surface area contributed by atoms with Gasteiger partial charge >= 0.3 is 5.69 Å². The first kappa shape index (κ1) is 21.2. The SMILES string of the molecule is COCCn1cnc2c1c(=O)n(Cc1cccc([N+](=O)[O-])c1)c(=O)n2Cc1ccccc1. The zero-order valence-corrected chi connectivity index (χ0v) is 17.4. The smallest absolute Gasteiger partial charge is 0.333 e. The Bertz CT molecular complexity index is 1390. The largest absolute Gasteiger partial charge is 0.383 e. The van der Waals surface area contributed by atoms with Crippen molar-refractivity contribution in [2.24, 2.45) is 0 Å². The van der Waals surface area contributed by atoms with Gasteiger partial charge in [0.1, 0.15) is 0 Å². The van der Waals surface area contributed by atoms with Gasteiger partial charge in [-0.1, -0.05) is 42.5 Å². The first-order valence-electron chi connectivity index (χ1n) is 9.94. The van der Waals surface area contributed by atoms with Gasteiger partial charge in [-0.3, -0.25) is 24.0 Å². The van der Waals surface area contributed by atoms with Gasteiger partial charge in [0, 0.05) is 25.8 Å². The van der Waals surface area contributed by atoms with Crippen molar-refractivity contribution in [1.82, 2.24) is 18.7 Å². The van der Waals surface area contributed by atoms with Gasteiger partial charge in [-0.25, -0.2) is 9.78 Å². The highest BCUT2D eigenvalue weighted by Gasteiger charge is 2.19. The summed E-state index contributed by atoms with van der Waals surface area (Å²) in [4.78, 5) is 41.7. The molecule has 32 heavy (non-hydrogen) atoms. The molecular formula is C22H21N5O5. The number of nitro benzene ring substituents is 1. The van der Waals surface area contributed by atoms with Crippen molar-refractivity contribution in [3.63, 3.8) is 0 Å². The minimum absolute atomic E-state index is 0.0977. The van der Waals surface area contributed by atoms with E-state index in [0.717, 1.165) is 10.1 Å². The molecule has 0 saturated carbocycles. The average Bonchev–Trinajstić information content (AvgIpc) is 3.23. The molecule has 0 unspecified atom stereocenters. The second kappa shape index (κ2) is 8.98. The van der Waals surface area contributed by atoms with Crippen LogP contribution in [0.15, 0.2) is 70.5 Å². The maximum absolute atomic E-state index is 13.4. The molecule has 0 aliphatic carbocycles. The number of rotatable bonds is 8. The summed E-state index contributed by atoms with van der Waals surface area (Å²) in [6.45, 7) is 0.891. The Morgan fingerprint density at radius 2 is 1.72 bits per heavy atom. The van der Waals surface area contributed by atoms with Gasteiger partial charge in [-0.15, -0.1) is 0 Å². The highest BCUT2D eigenvalue weighted by molar-refractivity contribution is 5.70. The van der Waals surface area contributed by atoms with Gasteiger partial charge < -0.3 is 9.30 Å². The number of ether oxygens (including phenoxy) is 1. The molecule has 0 aliphatic heterocycles. The molecule has 10 heteroatoms. The van der Waals surface area contributed by atoms with Gasteiger partial charge in [-0.2, -0.15) is 0 Å². The molecule has 0 amide bonds. The van der Waals surface area contributed by atoms with Crippen molar-refractivity contribution < 1.29 is 9.66 Å². The van der Waals surface area contributed by atoms with Crippen LogP contribution in [0.25, 0.3) is 11.2 Å². The molecular weight excluding hydrogens is 414 g/mol. The predicted molar refractivity (Wildman–Crippen MR) is 118 cm³/mol. The highest BCUT2D eigenvalue weighted by atomic mass is 16.6. The van der Waals surface area contributed by atoms with E-state index in [1.165, 1.54) is 29.1 Å². The van der Waals surface area contributed by atoms with E-state index in [2.05, 4.69) is 4.98 Å². The summed E-state index contributed by atoms with van der Waals surface area (Å²) in [5.41, 5.74) is 0.781. The molecule has 2 aromatic heterocycles. The lowest BCUT2D eigenvalue weighted by atomic mass is 10.2. The molecule has 0 bridgehead atoms. The molecule has 0 aliphatic rings. The zero-order chi connectivity index (χ0) is 22.7. The lowest BCUT2D eigenvalue weighted by molar-refractivity contribution is -0.384. The average molecular weight is 435 g/mol. The lowest BCUT2D eigenvalue weighted by Gasteiger charge is -2.13. The fourth-order valence-electron chi connectivity index (χ4n) is 3.60. The second-order valence-corrected chi connectivity index (χ2v) is 7.28. The molecule has 164 valence electrons. The first-order valence-corrected chi connectivity index (χ1v) is 9.94. The summed E-state index contributed by atoms with van der Waals surface area (Å²) in [6.07, 6.45) is 1.52. The molecule has 0 spiro atoms. The third-order valence-corrected chi connectivity index (χ3v) is 5.17. The van der Waals surface area contributed by atoms with Crippen molar-refractivity contribution >= 4 is 16.9 Å². The van der Waals surface area contributed by atoms with Crippen LogP contribution in [-0.4, -0.2) is 37.3 Å². The van der Waals surface area contributed by atoms with Gasteiger partial charge in [0.25, 0.3) is 11.2 Å². The van der Waals surface area contributed by atoms with Gasteiger partial charge in [0.15, 0.2) is 11.2 Å². The number of non-ortho nitro benzene ring substituents is 1. The van der Waals surface area contributed by atoms with Crippen LogP contribution >= 0.6 is 0 Å². The first-order chi connectivity index (χ1) is 15.5. The number of methoxy groups -OCH3 is 1. The van der Waals surface area contributed by atoms with E-state index in [4.69, 9.17) is 4.74 Å². The quantitative estimate of drug-likeness (QED) is 0.309. The predicted octanol–water partition coefficient (Wildman–Crippen LogP) is 2.01. The molecule has 0 N–H and O–H groups in total. The molecule has 2 heterocycles. The molecule has 0 fully saturated rings. The number of fused-ring (bicyclic) bond motifs is 1. The number of imidazole rings is 1. The summed E-state index contributed by atoms with van der Waals surface area (Å²) in [5, 5.41) is 11.1. The fraction of sp³-hybridized carbons (Fsp3) is 0.227. The van der Waals surface area contributed by atoms with Crippen molar-refractivity contribution in [3.05, 3.63) is 103 Å². The van der Waals surface area contributed by atoms with Gasteiger partial charge in [0.05, 0.1) is 30.9 Å². The summed E-state index contributed by atoms with van der Waals surface area (Å²) in [5.74, 6) is 0. The van der Waals surface area contributed by atoms with Crippen molar-refractivity contribution in [1.29, 1.82) is 0 Å². The van der Waals surface area contributed by atoms with E-state index in [-0.39, 0.29) is 29.9 Å². The number of aromatic nitrogens is 4. The Morgan fingerprint density at radius 1 is 1.00 bits per heavy atom. The van der Waals surface area contributed by atoms with E-state index >= 15 is 0 Å². The van der Waals surface area contributed by atoms with Crippen molar-refractivity contribution in [2.45, 2.75) is 19.6 Å². The molecule has 2 aromatic carbocycles. The number of nitrogens with zero attached hydrogens (tertiary/aromatic N) is 5. The summed E-state index contributed by atoms with van der Waals surface area (Å²) < 4.78 is 9.33. The van der Waals surface area contributed by atoms with Crippen LogP contribution in [-0.2, 0) is 24.4 Å². The lowest BCUT2D eigenvalue weighted by Crippen LogP contribution is -2.41. The summed E-state index contributed by atoms with van der Waals surface area (Å²) in [7, 11) is 1.56. The number of hydrogen-bond acceptors (Lipinski definition) is 6. The van der Waals surface area contributed by atoms with Gasteiger partial charge in [-0.05, 0) is 11.1 Å². The molecule has 10 nitrogen and oxygen atoms in total. The van der Waals surface area contributed by atoms with E-state index in [1.807, 2.05) is 30.3 Å². The molecule has 0 atom stereocenters. The second-order valence-electron chi connectivity index (χ2n) is 7.28. The van der Waals surface area contributed by atoms with Crippen LogP contribution in [0, 0.1) is 10.1 Å². The monoisotopic (exact) mass is 435 g/mol. The maximum Gasteiger partial charge on any atom is 0.333 e. The Hall–Kier alpha value is -4.05. The van der Waals surface area contributed by atoms with Crippen LogP contribution < -0.4 is 11.2 Å². The van der Waals surface area contributed by atoms with Crippen LogP contribution in [0.1, 0.15) is 11.1 Å². The maximum atomic E-state index is 13.4. The minimum atomic E-state index is -0.533. The Labute approximate surface area is 182 Å². The topological polar surface area (TPSA) is 114 Å². The van der Waals surface area contributed by atoms with E-state index in [9.17, 15) is 19.7 Å².